The van der Waals surface area contributed by atoms with Gasteiger partial charge in [0, 0.05) is 0 Å². The largest absolute Gasteiger partial charge is 0.422 e. The standard InChI is InChI=1S/C25H10F8O4/c26-15-6-4-12(9-17(15)28)23(34)36-18-3-1-2-11-8-13(25(31,32)33)10-19(20(11)18)37-24(35)14-5-7-16(27)22(30)21(14)29/h1-10H. The van der Waals surface area contributed by atoms with Crippen LogP contribution in [0, 0.1) is 29.1 Å². The van der Waals surface area contributed by atoms with Crippen LogP contribution in [-0.4, -0.2) is 11.9 Å². The van der Waals surface area contributed by atoms with Crippen LogP contribution in [0.5, 0.6) is 11.5 Å². The van der Waals surface area contributed by atoms with Crippen molar-refractivity contribution < 1.29 is 54.2 Å². The second-order valence-electron chi connectivity index (χ2n) is 7.46. The first-order chi connectivity index (χ1) is 17.4. The molecule has 0 radical (unpaired) electrons. The van der Waals surface area contributed by atoms with E-state index in [9.17, 15) is 44.7 Å². The van der Waals surface area contributed by atoms with Crippen LogP contribution in [-0.2, 0) is 6.18 Å². The van der Waals surface area contributed by atoms with Gasteiger partial charge in [0.15, 0.2) is 29.1 Å². The third-order valence-electron chi connectivity index (χ3n) is 5.05. The number of hydrogen-bond acceptors (Lipinski definition) is 4. The molecule has 0 aliphatic carbocycles. The third kappa shape index (κ3) is 5.08. The second kappa shape index (κ2) is 9.52. The van der Waals surface area contributed by atoms with Gasteiger partial charge in [-0.3, -0.25) is 0 Å². The normalized spacial score (nSPS) is 11.5. The third-order valence-corrected chi connectivity index (χ3v) is 5.05. The number of alkyl halides is 3. The van der Waals surface area contributed by atoms with E-state index < -0.39 is 75.4 Å². The molecule has 0 saturated carbocycles. The van der Waals surface area contributed by atoms with Gasteiger partial charge in [0.2, 0.25) is 0 Å². The van der Waals surface area contributed by atoms with E-state index in [1.165, 1.54) is 6.07 Å². The summed E-state index contributed by atoms with van der Waals surface area (Å²) >= 11 is 0. The van der Waals surface area contributed by atoms with E-state index in [-0.39, 0.29) is 10.8 Å². The lowest BCUT2D eigenvalue weighted by atomic mass is 10.0. The van der Waals surface area contributed by atoms with Crippen LogP contribution in [0.2, 0.25) is 0 Å². The highest BCUT2D eigenvalue weighted by Gasteiger charge is 2.33. The van der Waals surface area contributed by atoms with E-state index in [0.29, 0.717) is 36.4 Å². The fourth-order valence-electron chi connectivity index (χ4n) is 3.30. The van der Waals surface area contributed by atoms with Gasteiger partial charge < -0.3 is 9.47 Å². The van der Waals surface area contributed by atoms with Crippen molar-refractivity contribution in [3.63, 3.8) is 0 Å². The summed E-state index contributed by atoms with van der Waals surface area (Å²) in [7, 11) is 0. The van der Waals surface area contributed by atoms with E-state index in [0.717, 1.165) is 18.2 Å². The van der Waals surface area contributed by atoms with Crippen molar-refractivity contribution >= 4 is 22.7 Å². The highest BCUT2D eigenvalue weighted by atomic mass is 19.4. The topological polar surface area (TPSA) is 52.6 Å². The quantitative estimate of drug-likeness (QED) is 0.125. The maximum absolute atomic E-state index is 14.1. The van der Waals surface area contributed by atoms with Crippen LogP contribution < -0.4 is 9.47 Å². The Kier molecular flexibility index (Phi) is 6.59. The monoisotopic (exact) mass is 526 g/mol. The summed E-state index contributed by atoms with van der Waals surface area (Å²) in [6.45, 7) is 0. The van der Waals surface area contributed by atoms with Gasteiger partial charge >= 0.3 is 18.1 Å². The number of carbonyl (C=O) groups is 2. The molecule has 37 heavy (non-hydrogen) atoms. The molecule has 0 aliphatic heterocycles. The zero-order chi connectivity index (χ0) is 27.1. The summed E-state index contributed by atoms with van der Waals surface area (Å²) in [6, 6.07) is 7.43. The first-order valence-electron chi connectivity index (χ1n) is 10.0. The molecule has 0 aliphatic rings. The predicted molar refractivity (Wildman–Crippen MR) is 112 cm³/mol. The Morgan fingerprint density at radius 2 is 1.32 bits per heavy atom. The lowest BCUT2D eigenvalue weighted by molar-refractivity contribution is -0.137. The molecule has 0 spiro atoms. The Balaban J connectivity index is 1.82. The molecule has 4 nitrogen and oxygen atoms in total. The highest BCUT2D eigenvalue weighted by Crippen LogP contribution is 2.41. The van der Waals surface area contributed by atoms with Gasteiger partial charge in [0.1, 0.15) is 11.5 Å². The van der Waals surface area contributed by atoms with E-state index in [1.54, 1.807) is 0 Å². The fourth-order valence-corrected chi connectivity index (χ4v) is 3.30. The van der Waals surface area contributed by atoms with Crippen molar-refractivity contribution in [2.75, 3.05) is 0 Å². The van der Waals surface area contributed by atoms with Crippen molar-refractivity contribution in [1.82, 2.24) is 0 Å². The van der Waals surface area contributed by atoms with E-state index in [4.69, 9.17) is 9.47 Å². The number of ether oxygens (including phenoxy) is 2. The Morgan fingerprint density at radius 1 is 0.649 bits per heavy atom. The van der Waals surface area contributed by atoms with Gasteiger partial charge in [-0.15, -0.1) is 0 Å². The number of hydrogen-bond donors (Lipinski definition) is 0. The van der Waals surface area contributed by atoms with Crippen molar-refractivity contribution in [3.05, 3.63) is 106 Å². The van der Waals surface area contributed by atoms with Crippen LogP contribution in [0.3, 0.4) is 0 Å². The molecule has 0 aromatic heterocycles. The van der Waals surface area contributed by atoms with Gasteiger partial charge in [-0.1, -0.05) is 12.1 Å². The molecule has 4 aromatic rings. The summed E-state index contributed by atoms with van der Waals surface area (Å²) in [5.41, 5.74) is -2.89. The highest BCUT2D eigenvalue weighted by molar-refractivity contribution is 6.01. The maximum atomic E-state index is 14.1. The Hall–Kier alpha value is -4.48. The summed E-state index contributed by atoms with van der Waals surface area (Å²) in [4.78, 5) is 25.0. The Bertz CT molecular complexity index is 1560. The Labute approximate surface area is 201 Å². The molecule has 0 saturated heterocycles. The smallest absolute Gasteiger partial charge is 0.416 e. The lowest BCUT2D eigenvalue weighted by Crippen LogP contribution is -2.14. The molecule has 4 aromatic carbocycles. The van der Waals surface area contributed by atoms with E-state index in [1.807, 2.05) is 0 Å². The zero-order valence-corrected chi connectivity index (χ0v) is 17.9. The zero-order valence-electron chi connectivity index (χ0n) is 17.9. The van der Waals surface area contributed by atoms with Crippen LogP contribution in [0.15, 0.2) is 60.7 Å². The number of carbonyl (C=O) groups excluding carboxylic acids is 2. The van der Waals surface area contributed by atoms with Crippen molar-refractivity contribution in [3.8, 4) is 11.5 Å². The average molecular weight is 526 g/mol. The number of rotatable bonds is 4. The average Bonchev–Trinajstić information content (AvgIpc) is 2.83. The van der Waals surface area contributed by atoms with Crippen LogP contribution in [0.25, 0.3) is 10.8 Å². The predicted octanol–water partition coefficient (Wildman–Crippen LogP) is 6.99. The SMILES string of the molecule is O=C(Oc1cccc2cc(C(F)(F)F)cc(OC(=O)c3ccc(F)c(F)c3F)c12)c1ccc(F)c(F)c1. The molecular formula is C25H10F8O4. The molecule has 0 atom stereocenters. The van der Waals surface area contributed by atoms with E-state index >= 15 is 0 Å². The van der Waals surface area contributed by atoms with Gasteiger partial charge in [0.05, 0.1) is 22.1 Å². The molecular weight excluding hydrogens is 516 g/mol. The number of esters is 2. The minimum absolute atomic E-state index is 0.251. The first kappa shape index (κ1) is 25.6. The molecule has 4 rings (SSSR count). The van der Waals surface area contributed by atoms with Gasteiger partial charge in [-0.25, -0.2) is 31.5 Å². The van der Waals surface area contributed by atoms with Crippen molar-refractivity contribution in [2.24, 2.45) is 0 Å². The van der Waals surface area contributed by atoms with Crippen molar-refractivity contribution in [2.45, 2.75) is 6.18 Å². The fraction of sp³-hybridized carbons (Fsp3) is 0.0400. The second-order valence-corrected chi connectivity index (χ2v) is 7.46. The summed E-state index contributed by atoms with van der Waals surface area (Å²) in [5, 5.41) is -0.623. The summed E-state index contributed by atoms with van der Waals surface area (Å²) < 4.78 is 118. The lowest BCUT2D eigenvalue weighted by Gasteiger charge is -2.15. The molecule has 0 amide bonds. The van der Waals surface area contributed by atoms with Crippen LogP contribution in [0.1, 0.15) is 26.3 Å². The maximum Gasteiger partial charge on any atom is 0.416 e. The molecule has 0 N–H and O–H groups in total. The van der Waals surface area contributed by atoms with Gasteiger partial charge in [-0.2, -0.15) is 13.2 Å². The molecule has 0 unspecified atom stereocenters. The van der Waals surface area contributed by atoms with Crippen LogP contribution >= 0.6 is 0 Å². The van der Waals surface area contributed by atoms with E-state index in [2.05, 4.69) is 0 Å². The summed E-state index contributed by atoms with van der Waals surface area (Å²) in [6.07, 6.45) is -4.94. The van der Waals surface area contributed by atoms with Crippen molar-refractivity contribution in [1.29, 1.82) is 0 Å². The summed E-state index contributed by atoms with van der Waals surface area (Å²) in [5.74, 6) is -12.4. The van der Waals surface area contributed by atoms with Gasteiger partial charge in [-0.05, 0) is 53.9 Å². The Morgan fingerprint density at radius 3 is 2.00 bits per heavy atom. The van der Waals surface area contributed by atoms with Crippen LogP contribution in [0.4, 0.5) is 35.1 Å². The number of halogens is 8. The molecule has 12 heteroatoms. The molecule has 190 valence electrons. The first-order valence-corrected chi connectivity index (χ1v) is 10.0. The molecule has 0 fully saturated rings. The molecule has 0 bridgehead atoms. The number of fused-ring (bicyclic) bond motifs is 1. The minimum atomic E-state index is -4.94. The molecule has 0 heterocycles. The minimum Gasteiger partial charge on any atom is -0.422 e. The number of benzene rings is 4. The van der Waals surface area contributed by atoms with Gasteiger partial charge in [0.25, 0.3) is 0 Å².